The summed E-state index contributed by atoms with van der Waals surface area (Å²) in [5.41, 5.74) is 3.46. The maximum Gasteiger partial charge on any atom is 0.0713 e. The van der Waals surface area contributed by atoms with Crippen LogP contribution in [0.25, 0.3) is 0 Å². The number of ether oxygens (including phenoxy) is 1. The molecule has 1 aromatic heterocycles. The normalized spacial score (nSPS) is 10.2. The second-order valence-corrected chi connectivity index (χ2v) is 3.84. The lowest BCUT2D eigenvalue weighted by Crippen LogP contribution is -1.99. The van der Waals surface area contributed by atoms with Gasteiger partial charge in [0.05, 0.1) is 6.61 Å². The Morgan fingerprint density at radius 2 is 1.94 bits per heavy atom. The summed E-state index contributed by atoms with van der Waals surface area (Å²) in [7, 11) is 1.70. The molecule has 0 aliphatic heterocycles. The summed E-state index contributed by atoms with van der Waals surface area (Å²) < 4.78 is 5.07. The van der Waals surface area contributed by atoms with E-state index >= 15 is 0 Å². The van der Waals surface area contributed by atoms with Gasteiger partial charge in [-0.1, -0.05) is 18.2 Å². The molecule has 0 amide bonds. The Kier molecular flexibility index (Phi) is 4.11. The molecule has 0 radical (unpaired) electrons. The lowest BCUT2D eigenvalue weighted by Gasteiger charge is -2.07. The average Bonchev–Trinajstić information content (AvgIpc) is 2.40. The van der Waals surface area contributed by atoms with Crippen molar-refractivity contribution >= 4 is 5.69 Å². The number of hydrogen-bond donors (Lipinski definition) is 1. The monoisotopic (exact) mass is 228 g/mol. The van der Waals surface area contributed by atoms with Gasteiger partial charge in [0, 0.05) is 31.7 Å². The summed E-state index contributed by atoms with van der Waals surface area (Å²) in [4.78, 5) is 4.08. The zero-order valence-electron chi connectivity index (χ0n) is 9.89. The molecule has 0 spiro atoms. The standard InChI is InChI=1S/C14H16N2O/c1-17-11-12-4-6-14(7-5-12)16-10-13-3-2-8-15-9-13/h2-9,16H,10-11H2,1H3. The van der Waals surface area contributed by atoms with E-state index < -0.39 is 0 Å². The van der Waals surface area contributed by atoms with Crippen molar-refractivity contribution in [3.8, 4) is 0 Å². The van der Waals surface area contributed by atoms with Gasteiger partial charge in [-0.3, -0.25) is 4.98 Å². The van der Waals surface area contributed by atoms with E-state index in [2.05, 4.69) is 40.6 Å². The Balaban J connectivity index is 1.91. The zero-order chi connectivity index (χ0) is 11.9. The Bertz CT molecular complexity index is 440. The van der Waals surface area contributed by atoms with E-state index in [0.717, 1.165) is 12.2 Å². The summed E-state index contributed by atoms with van der Waals surface area (Å²) in [6.07, 6.45) is 3.65. The minimum atomic E-state index is 0.656. The quantitative estimate of drug-likeness (QED) is 0.854. The minimum Gasteiger partial charge on any atom is -0.381 e. The molecule has 2 rings (SSSR count). The Morgan fingerprint density at radius 3 is 2.59 bits per heavy atom. The fourth-order valence-corrected chi connectivity index (χ4v) is 1.59. The number of anilines is 1. The summed E-state index contributed by atoms with van der Waals surface area (Å²) in [6.45, 7) is 1.44. The van der Waals surface area contributed by atoms with Crippen LogP contribution in [0.1, 0.15) is 11.1 Å². The molecule has 0 unspecified atom stereocenters. The molecule has 0 bridgehead atoms. The predicted octanol–water partition coefficient (Wildman–Crippen LogP) is 2.84. The van der Waals surface area contributed by atoms with E-state index in [0.29, 0.717) is 6.61 Å². The van der Waals surface area contributed by atoms with Gasteiger partial charge in [-0.15, -0.1) is 0 Å². The maximum absolute atomic E-state index is 5.07. The molecular weight excluding hydrogens is 212 g/mol. The number of pyridine rings is 1. The minimum absolute atomic E-state index is 0.656. The van der Waals surface area contributed by atoms with E-state index in [1.165, 1.54) is 11.1 Å². The van der Waals surface area contributed by atoms with E-state index in [-0.39, 0.29) is 0 Å². The van der Waals surface area contributed by atoms with Crippen LogP contribution in [0.4, 0.5) is 5.69 Å². The molecule has 0 saturated carbocycles. The van der Waals surface area contributed by atoms with E-state index in [4.69, 9.17) is 4.74 Å². The van der Waals surface area contributed by atoms with Gasteiger partial charge in [-0.05, 0) is 29.3 Å². The topological polar surface area (TPSA) is 34.1 Å². The Morgan fingerprint density at radius 1 is 1.12 bits per heavy atom. The maximum atomic E-state index is 5.07. The third-order valence-electron chi connectivity index (χ3n) is 2.48. The van der Waals surface area contributed by atoms with E-state index in [9.17, 15) is 0 Å². The van der Waals surface area contributed by atoms with Crippen molar-refractivity contribution in [2.75, 3.05) is 12.4 Å². The molecule has 2 aromatic rings. The van der Waals surface area contributed by atoms with Crippen LogP contribution in [0.2, 0.25) is 0 Å². The second-order valence-electron chi connectivity index (χ2n) is 3.84. The highest BCUT2D eigenvalue weighted by Crippen LogP contribution is 2.11. The van der Waals surface area contributed by atoms with E-state index in [1.54, 1.807) is 13.3 Å². The first-order valence-electron chi connectivity index (χ1n) is 5.59. The van der Waals surface area contributed by atoms with Gasteiger partial charge in [0.2, 0.25) is 0 Å². The largest absolute Gasteiger partial charge is 0.381 e. The molecule has 3 nitrogen and oxygen atoms in total. The Labute approximate surface area is 101 Å². The molecule has 0 aliphatic rings. The summed E-state index contributed by atoms with van der Waals surface area (Å²) in [5, 5.41) is 3.35. The SMILES string of the molecule is COCc1ccc(NCc2cccnc2)cc1. The molecule has 0 aliphatic carbocycles. The van der Waals surface area contributed by atoms with Crippen LogP contribution in [0.15, 0.2) is 48.8 Å². The van der Waals surface area contributed by atoms with Crippen molar-refractivity contribution in [3.05, 3.63) is 59.9 Å². The highest BCUT2D eigenvalue weighted by molar-refractivity contribution is 5.44. The van der Waals surface area contributed by atoms with Crippen molar-refractivity contribution in [2.45, 2.75) is 13.2 Å². The number of methoxy groups -OCH3 is 1. The van der Waals surface area contributed by atoms with Gasteiger partial charge in [0.1, 0.15) is 0 Å². The molecule has 1 heterocycles. The first-order chi connectivity index (χ1) is 8.38. The summed E-state index contributed by atoms with van der Waals surface area (Å²) in [5.74, 6) is 0. The van der Waals surface area contributed by atoms with Gasteiger partial charge in [-0.2, -0.15) is 0 Å². The molecular formula is C14H16N2O. The highest BCUT2D eigenvalue weighted by Gasteiger charge is 1.95. The zero-order valence-corrected chi connectivity index (χ0v) is 9.89. The van der Waals surface area contributed by atoms with E-state index in [1.807, 2.05) is 12.3 Å². The van der Waals surface area contributed by atoms with Crippen molar-refractivity contribution in [1.82, 2.24) is 4.98 Å². The van der Waals surface area contributed by atoms with Crippen LogP contribution in [0.3, 0.4) is 0 Å². The average molecular weight is 228 g/mol. The lowest BCUT2D eigenvalue weighted by atomic mass is 10.2. The number of hydrogen-bond acceptors (Lipinski definition) is 3. The smallest absolute Gasteiger partial charge is 0.0713 e. The molecule has 0 atom stereocenters. The fourth-order valence-electron chi connectivity index (χ4n) is 1.59. The third-order valence-corrected chi connectivity index (χ3v) is 2.48. The van der Waals surface area contributed by atoms with Crippen molar-refractivity contribution < 1.29 is 4.74 Å². The van der Waals surface area contributed by atoms with Crippen LogP contribution in [0.5, 0.6) is 0 Å². The fraction of sp³-hybridized carbons (Fsp3) is 0.214. The molecule has 3 heteroatoms. The number of nitrogens with zero attached hydrogens (tertiary/aromatic N) is 1. The predicted molar refractivity (Wildman–Crippen MR) is 68.7 cm³/mol. The molecule has 1 aromatic carbocycles. The van der Waals surface area contributed by atoms with Crippen molar-refractivity contribution in [1.29, 1.82) is 0 Å². The van der Waals surface area contributed by atoms with Gasteiger partial charge in [0.15, 0.2) is 0 Å². The Hall–Kier alpha value is -1.87. The highest BCUT2D eigenvalue weighted by atomic mass is 16.5. The van der Waals surface area contributed by atoms with Crippen LogP contribution in [-0.2, 0) is 17.9 Å². The third kappa shape index (κ3) is 3.57. The summed E-state index contributed by atoms with van der Waals surface area (Å²) >= 11 is 0. The molecule has 1 N–H and O–H groups in total. The van der Waals surface area contributed by atoms with Crippen molar-refractivity contribution in [3.63, 3.8) is 0 Å². The number of nitrogens with one attached hydrogen (secondary N) is 1. The first-order valence-corrected chi connectivity index (χ1v) is 5.59. The van der Waals surface area contributed by atoms with Gasteiger partial charge >= 0.3 is 0 Å². The first kappa shape index (κ1) is 11.6. The molecule has 0 fully saturated rings. The number of rotatable bonds is 5. The lowest BCUT2D eigenvalue weighted by molar-refractivity contribution is 0.185. The number of benzene rings is 1. The molecule has 88 valence electrons. The van der Waals surface area contributed by atoms with Crippen LogP contribution in [0, 0.1) is 0 Å². The van der Waals surface area contributed by atoms with Crippen LogP contribution < -0.4 is 5.32 Å². The number of aromatic nitrogens is 1. The van der Waals surface area contributed by atoms with Crippen LogP contribution >= 0.6 is 0 Å². The van der Waals surface area contributed by atoms with Gasteiger partial charge in [-0.25, -0.2) is 0 Å². The van der Waals surface area contributed by atoms with Gasteiger partial charge < -0.3 is 10.1 Å². The molecule has 17 heavy (non-hydrogen) atoms. The van der Waals surface area contributed by atoms with Crippen molar-refractivity contribution in [2.24, 2.45) is 0 Å². The summed E-state index contributed by atoms with van der Waals surface area (Å²) in [6, 6.07) is 12.2. The second kappa shape index (κ2) is 6.01. The van der Waals surface area contributed by atoms with Gasteiger partial charge in [0.25, 0.3) is 0 Å². The van der Waals surface area contributed by atoms with Crippen LogP contribution in [-0.4, -0.2) is 12.1 Å². The molecule has 0 saturated heterocycles.